The van der Waals surface area contributed by atoms with Gasteiger partial charge in [-0.2, -0.15) is 0 Å². The molecule has 7 heteroatoms. The number of furan rings is 1. The molecular weight excluding hydrogens is 977 g/mol. The second-order valence-electron chi connectivity index (χ2n) is 19.9. The summed E-state index contributed by atoms with van der Waals surface area (Å²) in [5.41, 5.74) is 16.4. The number of hydrogen-bond acceptors (Lipinski definition) is 4. The summed E-state index contributed by atoms with van der Waals surface area (Å²) in [6.45, 7) is 27.3. The van der Waals surface area contributed by atoms with E-state index in [2.05, 4.69) is 177 Å². The van der Waals surface area contributed by atoms with Crippen molar-refractivity contribution in [2.45, 2.75) is 100 Å². The molecular formula is C57H60IrN4OSi-2. The van der Waals surface area contributed by atoms with E-state index in [4.69, 9.17) is 19.4 Å². The average Bonchev–Trinajstić information content (AvgIpc) is 3.82. The van der Waals surface area contributed by atoms with Crippen LogP contribution in [0.2, 0.25) is 19.6 Å². The summed E-state index contributed by atoms with van der Waals surface area (Å²) in [6, 6.07) is 46.9. The van der Waals surface area contributed by atoms with Crippen LogP contribution >= 0.6 is 0 Å². The zero-order chi connectivity index (χ0) is 44.8. The molecule has 5 nitrogen and oxygen atoms in total. The zero-order valence-electron chi connectivity index (χ0n) is 39.4. The molecule has 64 heavy (non-hydrogen) atoms. The average molecular weight is 1040 g/mol. The molecule has 0 bridgehead atoms. The Balaban J connectivity index is 0.000000236. The van der Waals surface area contributed by atoms with Crippen LogP contribution in [0, 0.1) is 31.4 Å². The van der Waals surface area contributed by atoms with Crippen molar-refractivity contribution < 1.29 is 24.5 Å². The number of aromatic nitrogens is 4. The molecule has 4 heterocycles. The number of para-hydroxylation sites is 1. The Hall–Kier alpha value is -5.46. The number of aryl methyl sites for hydroxylation is 2. The molecule has 0 N–H and O–H groups in total. The first-order valence-electron chi connectivity index (χ1n) is 22.4. The number of imidazole rings is 1. The molecule has 0 aliphatic carbocycles. The van der Waals surface area contributed by atoms with Crippen LogP contribution in [0.4, 0.5) is 0 Å². The van der Waals surface area contributed by atoms with Crippen molar-refractivity contribution in [2.75, 3.05) is 0 Å². The summed E-state index contributed by atoms with van der Waals surface area (Å²) in [6.07, 6.45) is 3.21. The van der Waals surface area contributed by atoms with E-state index in [9.17, 15) is 0 Å². The molecule has 0 aliphatic rings. The van der Waals surface area contributed by atoms with Crippen LogP contribution in [0.15, 0.2) is 126 Å². The molecule has 0 atom stereocenters. The van der Waals surface area contributed by atoms with E-state index in [0.29, 0.717) is 0 Å². The van der Waals surface area contributed by atoms with Gasteiger partial charge in [0.05, 0.1) is 36.2 Å². The molecule has 0 saturated carbocycles. The first kappa shape index (κ1) is 46.5. The second-order valence-corrected chi connectivity index (χ2v) is 24.9. The summed E-state index contributed by atoms with van der Waals surface area (Å²) < 4.78 is 8.85. The molecule has 0 fully saturated rings. The molecule has 0 spiro atoms. The van der Waals surface area contributed by atoms with Gasteiger partial charge in [0, 0.05) is 43.1 Å². The minimum atomic E-state index is -1.37. The number of pyridine rings is 2. The van der Waals surface area contributed by atoms with E-state index in [0.717, 1.165) is 73.4 Å². The van der Waals surface area contributed by atoms with Gasteiger partial charge in [-0.15, -0.1) is 54.1 Å². The minimum Gasteiger partial charge on any atom is -0.501 e. The largest absolute Gasteiger partial charge is 0.501 e. The van der Waals surface area contributed by atoms with Gasteiger partial charge in [0.2, 0.25) is 0 Å². The normalized spacial score (nSPS) is 12.0. The summed E-state index contributed by atoms with van der Waals surface area (Å²) >= 11 is 0. The summed E-state index contributed by atoms with van der Waals surface area (Å²) in [7, 11) is -1.37. The molecule has 9 rings (SSSR count). The third kappa shape index (κ3) is 9.49. The Labute approximate surface area is 394 Å². The fourth-order valence-corrected chi connectivity index (χ4v) is 10.5. The number of fused-ring (bicyclic) bond motifs is 4. The number of nitrogens with zero attached hydrogens (tertiary/aromatic N) is 4. The van der Waals surface area contributed by atoms with E-state index in [1.165, 1.54) is 38.7 Å². The molecule has 0 amide bonds. The van der Waals surface area contributed by atoms with Gasteiger partial charge in [-0.05, 0) is 94.9 Å². The second kappa shape index (κ2) is 18.6. The Morgan fingerprint density at radius 1 is 0.719 bits per heavy atom. The fraction of sp³-hybridized carbons (Fsp3) is 0.281. The molecule has 9 aromatic rings. The van der Waals surface area contributed by atoms with Crippen LogP contribution < -0.4 is 5.19 Å². The quantitative estimate of drug-likeness (QED) is 0.112. The van der Waals surface area contributed by atoms with E-state index < -0.39 is 8.07 Å². The Morgan fingerprint density at radius 3 is 2.03 bits per heavy atom. The monoisotopic (exact) mass is 1040 g/mol. The van der Waals surface area contributed by atoms with Gasteiger partial charge in [-0.25, -0.2) is 0 Å². The van der Waals surface area contributed by atoms with Gasteiger partial charge in [0.15, 0.2) is 0 Å². The predicted molar refractivity (Wildman–Crippen MR) is 268 cm³/mol. The van der Waals surface area contributed by atoms with Crippen molar-refractivity contribution in [3.05, 3.63) is 162 Å². The predicted octanol–water partition coefficient (Wildman–Crippen LogP) is 15.0. The van der Waals surface area contributed by atoms with E-state index >= 15 is 0 Å². The van der Waals surface area contributed by atoms with Crippen molar-refractivity contribution in [1.29, 1.82) is 0 Å². The van der Waals surface area contributed by atoms with Crippen LogP contribution in [0.25, 0.3) is 72.4 Å². The van der Waals surface area contributed by atoms with Crippen molar-refractivity contribution in [2.24, 2.45) is 5.41 Å². The van der Waals surface area contributed by atoms with Crippen molar-refractivity contribution in [3.63, 3.8) is 0 Å². The van der Waals surface area contributed by atoms with Crippen LogP contribution in [-0.4, -0.2) is 27.6 Å². The zero-order valence-corrected chi connectivity index (χ0v) is 42.8. The maximum absolute atomic E-state index is 6.51. The summed E-state index contributed by atoms with van der Waals surface area (Å²) in [5.74, 6) is 1.37. The van der Waals surface area contributed by atoms with E-state index in [-0.39, 0.29) is 37.4 Å². The van der Waals surface area contributed by atoms with Crippen molar-refractivity contribution in [1.82, 2.24) is 19.5 Å². The Bertz CT molecular complexity index is 3050. The van der Waals surface area contributed by atoms with Crippen LogP contribution in [0.5, 0.6) is 0 Å². The molecule has 5 aromatic carbocycles. The van der Waals surface area contributed by atoms with Crippen molar-refractivity contribution >= 4 is 46.2 Å². The molecule has 1 radical (unpaired) electrons. The summed E-state index contributed by atoms with van der Waals surface area (Å²) in [5, 5.41) is 3.64. The Kier molecular flexibility index (Phi) is 13.5. The van der Waals surface area contributed by atoms with E-state index in [1.54, 1.807) is 0 Å². The summed E-state index contributed by atoms with van der Waals surface area (Å²) in [4.78, 5) is 14.9. The third-order valence-electron chi connectivity index (χ3n) is 11.7. The van der Waals surface area contributed by atoms with Gasteiger partial charge in [0.25, 0.3) is 0 Å². The first-order valence-corrected chi connectivity index (χ1v) is 25.9. The molecule has 4 aromatic heterocycles. The number of hydrogen-bond donors (Lipinski definition) is 0. The van der Waals surface area contributed by atoms with Gasteiger partial charge < -0.3 is 14.0 Å². The van der Waals surface area contributed by atoms with Crippen LogP contribution in [0.1, 0.15) is 88.4 Å². The number of benzene rings is 5. The SMILES string of the molecule is CC(C)(C)Cc1cc(-c2[c-]cccc2)ncc1[Si](C)(C)C.Cc1cc2nc(-c3[c-]ccc4c3oc3ccccc34)n(-c3c(C(C)C)cc(-c4ccccc4)cc3C(C)C)c2c(C)n1.[Ir]. The molecule has 329 valence electrons. The Morgan fingerprint density at radius 2 is 1.39 bits per heavy atom. The first-order chi connectivity index (χ1) is 30.0. The van der Waals surface area contributed by atoms with Gasteiger partial charge in [-0.3, -0.25) is 9.97 Å². The topological polar surface area (TPSA) is 56.7 Å². The van der Waals surface area contributed by atoms with Crippen LogP contribution in [-0.2, 0) is 26.5 Å². The van der Waals surface area contributed by atoms with E-state index in [1.807, 2.05) is 43.3 Å². The smallest absolute Gasteiger partial charge is 0.120 e. The van der Waals surface area contributed by atoms with Gasteiger partial charge >= 0.3 is 0 Å². The molecule has 0 saturated heterocycles. The number of rotatable bonds is 8. The third-order valence-corrected chi connectivity index (χ3v) is 13.8. The van der Waals surface area contributed by atoms with Crippen molar-refractivity contribution in [3.8, 4) is 39.5 Å². The van der Waals surface area contributed by atoms with Gasteiger partial charge in [0.1, 0.15) is 5.58 Å². The van der Waals surface area contributed by atoms with Gasteiger partial charge in [-0.1, -0.05) is 139 Å². The fourth-order valence-electron chi connectivity index (χ4n) is 8.88. The van der Waals surface area contributed by atoms with Crippen LogP contribution in [0.3, 0.4) is 0 Å². The molecule has 0 unspecified atom stereocenters. The minimum absolute atomic E-state index is 0. The standard InChI is InChI=1S/C38H34N3O.C19H26NSi.Ir/c1-22(2)31-20-27(26-13-8-7-9-14-26)21-32(23(3)4)36(31)41-35-25(6)39-24(5)19-33(35)40-38(41)30-17-12-16-29-28-15-10-11-18-34(28)42-37(29)30;1-19(2,3)13-16-12-17(15-10-8-7-9-11-15)20-14-18(16)21(4,5)6;/h7-16,18-23H,1-6H3;7-10,12,14H,13H2,1-6H3;/q2*-1;. The maximum Gasteiger partial charge on any atom is 0.120 e. The molecule has 0 aliphatic heterocycles. The maximum atomic E-state index is 6.51.